The largest absolute Gasteiger partial charge is 0.472 e. The highest BCUT2D eigenvalue weighted by Crippen LogP contribution is 2.45. The van der Waals surface area contributed by atoms with Gasteiger partial charge in [-0.15, -0.1) is 0 Å². The Labute approximate surface area is 563 Å². The third-order valence-corrected chi connectivity index (χ3v) is 16.2. The molecule has 0 aromatic rings. The fourth-order valence-corrected chi connectivity index (χ4v) is 10.5. The van der Waals surface area contributed by atoms with E-state index in [4.69, 9.17) is 32.3 Å². The van der Waals surface area contributed by atoms with Crippen LogP contribution in [0.25, 0.3) is 0 Å². The smallest absolute Gasteiger partial charge is 0.463 e. The van der Waals surface area contributed by atoms with Crippen LogP contribution in [0.3, 0.4) is 0 Å². The summed E-state index contributed by atoms with van der Waals surface area (Å²) < 4.78 is 60.8. The number of rotatable bonds is 66. The number of allylic oxidation sites excluding steroid dienone is 22. The molecular weight excluding hydrogens is 1220 g/mol. The summed E-state index contributed by atoms with van der Waals surface area (Å²) >= 11 is 0. The van der Waals surface area contributed by atoms with Crippen molar-refractivity contribution in [2.75, 3.05) is 39.6 Å². The van der Waals surface area contributed by atoms with Crippen molar-refractivity contribution >= 4 is 33.6 Å². The second kappa shape index (κ2) is 67.7. The molecule has 5 unspecified atom stereocenters. The van der Waals surface area contributed by atoms with Crippen molar-refractivity contribution in [1.82, 2.24) is 0 Å². The van der Waals surface area contributed by atoms with E-state index in [9.17, 15) is 43.5 Å². The van der Waals surface area contributed by atoms with Crippen LogP contribution >= 0.6 is 15.6 Å². The number of carbonyl (C=O) groups excluding carboxylic acids is 3. The number of hydrogen-bond donors (Lipinski definition) is 4. The zero-order valence-corrected chi connectivity index (χ0v) is 59.4. The van der Waals surface area contributed by atoms with Gasteiger partial charge in [-0.05, 0) is 135 Å². The maximum Gasteiger partial charge on any atom is 0.472 e. The van der Waals surface area contributed by atoms with Crippen LogP contribution in [0.15, 0.2) is 134 Å². The summed E-state index contributed by atoms with van der Waals surface area (Å²) in [6.07, 6.45) is 79.4. The minimum atomic E-state index is -4.93. The van der Waals surface area contributed by atoms with E-state index in [1.54, 1.807) is 0 Å². The van der Waals surface area contributed by atoms with E-state index >= 15 is 0 Å². The number of aliphatic hydroxyl groups is 2. The molecule has 93 heavy (non-hydrogen) atoms. The number of aliphatic hydroxyl groups excluding tert-OH is 2. The molecule has 16 nitrogen and oxygen atoms in total. The molecular formula is C75H126O16P2. The summed E-state index contributed by atoms with van der Waals surface area (Å²) in [5.41, 5.74) is 0. The van der Waals surface area contributed by atoms with E-state index in [0.717, 1.165) is 167 Å². The van der Waals surface area contributed by atoms with Crippen LogP contribution in [0, 0.1) is 0 Å². The van der Waals surface area contributed by atoms with E-state index in [1.165, 1.54) is 38.5 Å². The van der Waals surface area contributed by atoms with Gasteiger partial charge < -0.3 is 34.2 Å². The summed E-state index contributed by atoms with van der Waals surface area (Å²) in [5.74, 6) is -1.63. The molecule has 0 spiro atoms. The van der Waals surface area contributed by atoms with Crippen LogP contribution < -0.4 is 0 Å². The van der Waals surface area contributed by atoms with Crippen LogP contribution in [0.4, 0.5) is 0 Å². The Morgan fingerprint density at radius 3 is 0.946 bits per heavy atom. The Hall–Kier alpha value is -4.31. The van der Waals surface area contributed by atoms with Gasteiger partial charge in [-0.25, -0.2) is 9.13 Å². The molecule has 0 fully saturated rings. The SMILES string of the molecule is CC/C=C\C/C=C\C/C=C\C/C=C\C/C=C\C/C=C\CCCCCCCCC(=O)OCC(O)COP(=O)(O)OCC(O)COP(=O)(O)OCC(COC(=O)CCCCCCC/C=C\C/C=C\C/C=C\C/C=C\CCCCC)OC(=O)CCCCCCC/C=C\CCCC. The Morgan fingerprint density at radius 2 is 0.581 bits per heavy atom. The topological polar surface area (TPSA) is 231 Å². The van der Waals surface area contributed by atoms with Crippen molar-refractivity contribution in [1.29, 1.82) is 0 Å². The predicted octanol–water partition coefficient (Wildman–Crippen LogP) is 20.0. The molecule has 0 saturated heterocycles. The standard InChI is InChI=1S/C75H126O16P2/c1-4-7-10-13-16-19-22-24-26-28-30-32-33-34-35-37-39-40-42-44-47-49-52-55-58-61-73(78)85-64-70(76)65-87-92(81,82)88-66-71(77)67-89-93(83,84)90-69-72(91-75(80)63-60-57-54-51-46-21-18-15-12-9-6-3)68-86-74(79)62-59-56-53-50-48-45-43-41-38-36-31-29-27-25-23-20-17-14-11-8-5-2/h7,10,15-20,24-27,30-32,34-36,39-41,43,70-72,76-77H,4-6,8-9,11-14,21-23,28-29,33,37-38,42,44-69H2,1-3H3,(H,81,82)(H,83,84)/b10-7-,18-15-,19-16-,20-17-,26-24-,27-25-,32-30-,35-34-,36-31-,40-39-,43-41-. The number of unbranched alkanes of at least 4 members (excludes halogenated alkanes) is 21. The van der Waals surface area contributed by atoms with Gasteiger partial charge in [0.2, 0.25) is 0 Å². The Kier molecular flexibility index (Phi) is 64.5. The number of phosphoric ester groups is 2. The number of esters is 3. The zero-order valence-electron chi connectivity index (χ0n) is 57.6. The van der Waals surface area contributed by atoms with Gasteiger partial charge in [0.1, 0.15) is 25.4 Å². The normalized spacial score (nSPS) is 15.0. The lowest BCUT2D eigenvalue weighted by molar-refractivity contribution is -0.161. The maximum atomic E-state index is 12.9. The lowest BCUT2D eigenvalue weighted by Gasteiger charge is -2.21. The quantitative estimate of drug-likeness (QED) is 0.0146. The lowest BCUT2D eigenvalue weighted by atomic mass is 10.1. The molecule has 0 bridgehead atoms. The monoisotopic (exact) mass is 1340 g/mol. The summed E-state index contributed by atoms with van der Waals surface area (Å²) in [5, 5.41) is 20.6. The summed E-state index contributed by atoms with van der Waals surface area (Å²) in [6.45, 7) is 2.42. The lowest BCUT2D eigenvalue weighted by Crippen LogP contribution is -2.30. The van der Waals surface area contributed by atoms with Gasteiger partial charge in [0.05, 0.1) is 26.4 Å². The Bertz CT molecular complexity index is 2230. The molecule has 5 atom stereocenters. The summed E-state index contributed by atoms with van der Waals surface area (Å²) in [6, 6.07) is 0. The van der Waals surface area contributed by atoms with Crippen molar-refractivity contribution in [3.63, 3.8) is 0 Å². The predicted molar refractivity (Wildman–Crippen MR) is 380 cm³/mol. The average Bonchev–Trinajstić information content (AvgIpc) is 3.64. The second-order valence-electron chi connectivity index (χ2n) is 23.3. The van der Waals surface area contributed by atoms with Gasteiger partial charge in [-0.2, -0.15) is 0 Å². The zero-order chi connectivity index (χ0) is 68.1. The van der Waals surface area contributed by atoms with Crippen molar-refractivity contribution in [2.24, 2.45) is 0 Å². The van der Waals surface area contributed by atoms with Crippen LogP contribution in [0.5, 0.6) is 0 Å². The highest BCUT2D eigenvalue weighted by atomic mass is 31.2. The third-order valence-electron chi connectivity index (χ3n) is 14.3. The highest BCUT2D eigenvalue weighted by Gasteiger charge is 2.29. The summed E-state index contributed by atoms with van der Waals surface area (Å²) in [4.78, 5) is 58.4. The third kappa shape index (κ3) is 68.9. The molecule has 18 heteroatoms. The van der Waals surface area contributed by atoms with Gasteiger partial charge in [0.25, 0.3) is 0 Å². The molecule has 0 aliphatic carbocycles. The first-order valence-corrected chi connectivity index (χ1v) is 38.5. The van der Waals surface area contributed by atoms with Crippen molar-refractivity contribution in [2.45, 2.75) is 283 Å². The van der Waals surface area contributed by atoms with Gasteiger partial charge >= 0.3 is 33.6 Å². The highest BCUT2D eigenvalue weighted by molar-refractivity contribution is 7.47. The van der Waals surface area contributed by atoms with E-state index in [-0.39, 0.29) is 19.3 Å². The van der Waals surface area contributed by atoms with Crippen molar-refractivity contribution in [3.05, 3.63) is 134 Å². The number of ether oxygens (including phenoxy) is 3. The van der Waals surface area contributed by atoms with Crippen LogP contribution in [0.2, 0.25) is 0 Å². The molecule has 0 rings (SSSR count). The number of carbonyl (C=O) groups is 3. The van der Waals surface area contributed by atoms with Crippen molar-refractivity contribution in [3.8, 4) is 0 Å². The van der Waals surface area contributed by atoms with Gasteiger partial charge in [-0.1, -0.05) is 244 Å². The van der Waals surface area contributed by atoms with Crippen molar-refractivity contribution < 1.29 is 75.8 Å². The minimum Gasteiger partial charge on any atom is -0.463 e. The first-order valence-electron chi connectivity index (χ1n) is 35.5. The van der Waals surface area contributed by atoms with E-state index in [2.05, 4.69) is 154 Å². The molecule has 532 valence electrons. The maximum absolute atomic E-state index is 12.9. The second-order valence-corrected chi connectivity index (χ2v) is 26.2. The molecule has 0 heterocycles. The average molecular weight is 1350 g/mol. The number of phosphoric acid groups is 2. The Balaban J connectivity index is 4.58. The Morgan fingerprint density at radius 1 is 0.312 bits per heavy atom. The first kappa shape index (κ1) is 88.7. The van der Waals surface area contributed by atoms with Crippen LogP contribution in [-0.2, 0) is 55.8 Å². The van der Waals surface area contributed by atoms with Crippen LogP contribution in [-0.4, -0.2) is 95.9 Å². The minimum absolute atomic E-state index is 0.0862. The van der Waals surface area contributed by atoms with Crippen LogP contribution in [0.1, 0.15) is 265 Å². The first-order chi connectivity index (χ1) is 45.2. The molecule has 0 aliphatic rings. The van der Waals surface area contributed by atoms with E-state index in [1.807, 2.05) is 0 Å². The fraction of sp³-hybridized carbons (Fsp3) is 0.667. The van der Waals surface area contributed by atoms with E-state index in [0.29, 0.717) is 19.3 Å². The molecule has 0 amide bonds. The summed E-state index contributed by atoms with van der Waals surface area (Å²) in [7, 11) is -9.79. The molecule has 0 aromatic carbocycles. The van der Waals surface area contributed by atoms with E-state index < -0.39 is 91.5 Å². The van der Waals surface area contributed by atoms with Gasteiger partial charge in [-0.3, -0.25) is 32.5 Å². The molecule has 0 aromatic heterocycles. The molecule has 4 N–H and O–H groups in total. The number of hydrogen-bond acceptors (Lipinski definition) is 14. The molecule has 0 saturated carbocycles. The molecule has 0 radical (unpaired) electrons. The van der Waals surface area contributed by atoms with Gasteiger partial charge in [0.15, 0.2) is 6.10 Å². The fourth-order valence-electron chi connectivity index (χ4n) is 8.89. The molecule has 0 aliphatic heterocycles. The van der Waals surface area contributed by atoms with Gasteiger partial charge in [0, 0.05) is 19.3 Å².